The first-order valence-corrected chi connectivity index (χ1v) is 7.64. The summed E-state index contributed by atoms with van der Waals surface area (Å²) in [6.07, 6.45) is 6.39. The summed E-state index contributed by atoms with van der Waals surface area (Å²) in [5.41, 5.74) is 1.21. The molecule has 0 atom stereocenters. The van der Waals surface area contributed by atoms with E-state index in [0.29, 0.717) is 6.61 Å². The van der Waals surface area contributed by atoms with Crippen LogP contribution in [0.4, 0.5) is 0 Å². The molecule has 0 aliphatic carbocycles. The second-order valence-electron chi connectivity index (χ2n) is 5.07. The fraction of sp³-hybridized carbons (Fsp3) is 0.750. The van der Waals surface area contributed by atoms with Crippen LogP contribution < -0.4 is 5.32 Å². The average molecular weight is 267 g/mol. The van der Waals surface area contributed by atoms with Crippen molar-refractivity contribution in [2.75, 3.05) is 13.2 Å². The number of furan rings is 1. The predicted molar refractivity (Wildman–Crippen MR) is 79.2 cm³/mol. The van der Waals surface area contributed by atoms with Crippen molar-refractivity contribution in [3.05, 3.63) is 23.2 Å². The highest BCUT2D eigenvalue weighted by atomic mass is 16.5. The highest BCUT2D eigenvalue weighted by molar-refractivity contribution is 5.19. The molecule has 3 nitrogen and oxygen atoms in total. The molecule has 0 aliphatic rings. The Morgan fingerprint density at radius 2 is 1.95 bits per heavy atom. The van der Waals surface area contributed by atoms with E-state index in [-0.39, 0.29) is 0 Å². The fourth-order valence-electron chi connectivity index (χ4n) is 2.06. The molecule has 3 heteroatoms. The molecular formula is C16H29NO2. The van der Waals surface area contributed by atoms with Gasteiger partial charge in [0.25, 0.3) is 0 Å². The Balaban J connectivity index is 2.15. The van der Waals surface area contributed by atoms with Gasteiger partial charge >= 0.3 is 0 Å². The first-order valence-electron chi connectivity index (χ1n) is 7.64. The summed E-state index contributed by atoms with van der Waals surface area (Å²) in [4.78, 5) is 0. The van der Waals surface area contributed by atoms with Gasteiger partial charge in [-0.15, -0.1) is 0 Å². The van der Waals surface area contributed by atoms with Gasteiger partial charge in [-0.2, -0.15) is 0 Å². The molecule has 0 saturated carbocycles. The average Bonchev–Trinajstić information content (AvgIpc) is 2.76. The zero-order valence-electron chi connectivity index (χ0n) is 12.8. The molecule has 0 aromatic carbocycles. The fourth-order valence-corrected chi connectivity index (χ4v) is 2.06. The number of aryl methyl sites for hydroxylation is 1. The molecule has 1 N–H and O–H groups in total. The maximum absolute atomic E-state index is 5.77. The molecule has 0 saturated heterocycles. The lowest BCUT2D eigenvalue weighted by molar-refractivity contribution is 0.101. The van der Waals surface area contributed by atoms with Gasteiger partial charge in [0.2, 0.25) is 0 Å². The smallest absolute Gasteiger partial charge is 0.130 e. The Morgan fingerprint density at radius 1 is 1.16 bits per heavy atom. The van der Waals surface area contributed by atoms with Gasteiger partial charge in [0.1, 0.15) is 18.1 Å². The Morgan fingerprint density at radius 3 is 2.68 bits per heavy atom. The van der Waals surface area contributed by atoms with E-state index in [0.717, 1.165) is 37.6 Å². The summed E-state index contributed by atoms with van der Waals surface area (Å²) >= 11 is 0. The van der Waals surface area contributed by atoms with Gasteiger partial charge in [-0.1, -0.05) is 39.5 Å². The van der Waals surface area contributed by atoms with Crippen molar-refractivity contribution in [2.45, 2.75) is 66.0 Å². The molecule has 0 bridgehead atoms. The SMILES string of the molecule is CCCCCCCOCc1cc(C)c(CNCC)o1. The van der Waals surface area contributed by atoms with Gasteiger partial charge in [0.05, 0.1) is 6.54 Å². The Bertz CT molecular complexity index is 333. The first kappa shape index (κ1) is 16.3. The van der Waals surface area contributed by atoms with Crippen molar-refractivity contribution in [2.24, 2.45) is 0 Å². The molecule has 1 aromatic heterocycles. The Kier molecular flexibility index (Phi) is 8.59. The zero-order chi connectivity index (χ0) is 13.9. The summed E-state index contributed by atoms with van der Waals surface area (Å²) in [7, 11) is 0. The van der Waals surface area contributed by atoms with Crippen LogP contribution in [0.2, 0.25) is 0 Å². The van der Waals surface area contributed by atoms with Gasteiger partial charge in [-0.3, -0.25) is 0 Å². The molecule has 0 amide bonds. The van der Waals surface area contributed by atoms with Crippen molar-refractivity contribution in [3.63, 3.8) is 0 Å². The van der Waals surface area contributed by atoms with Crippen molar-refractivity contribution in [3.8, 4) is 0 Å². The van der Waals surface area contributed by atoms with E-state index in [1.54, 1.807) is 0 Å². The summed E-state index contributed by atoms with van der Waals surface area (Å²) in [6.45, 7) is 9.63. The predicted octanol–water partition coefficient (Wildman–Crippen LogP) is 4.18. The molecule has 110 valence electrons. The zero-order valence-corrected chi connectivity index (χ0v) is 12.8. The van der Waals surface area contributed by atoms with Crippen LogP contribution in [0.25, 0.3) is 0 Å². The monoisotopic (exact) mass is 267 g/mol. The second kappa shape index (κ2) is 10.0. The molecule has 0 aliphatic heterocycles. The highest BCUT2D eigenvalue weighted by Crippen LogP contribution is 2.15. The van der Waals surface area contributed by atoms with Gasteiger partial charge in [-0.05, 0) is 31.5 Å². The maximum atomic E-state index is 5.77. The van der Waals surface area contributed by atoms with Gasteiger partial charge in [-0.25, -0.2) is 0 Å². The summed E-state index contributed by atoms with van der Waals surface area (Å²) in [6, 6.07) is 2.09. The molecule has 1 aromatic rings. The van der Waals surface area contributed by atoms with Gasteiger partial charge < -0.3 is 14.5 Å². The molecule has 1 heterocycles. The minimum Gasteiger partial charge on any atom is -0.462 e. The van der Waals surface area contributed by atoms with Crippen LogP contribution in [-0.4, -0.2) is 13.2 Å². The van der Waals surface area contributed by atoms with Crippen LogP contribution in [0.1, 0.15) is 63.0 Å². The lowest BCUT2D eigenvalue weighted by Gasteiger charge is -2.02. The third kappa shape index (κ3) is 6.79. The molecule has 1 rings (SSSR count). The number of unbranched alkanes of at least 4 members (excludes halogenated alkanes) is 4. The lowest BCUT2D eigenvalue weighted by atomic mass is 10.2. The number of ether oxygens (including phenoxy) is 1. The van der Waals surface area contributed by atoms with Gasteiger partial charge in [0, 0.05) is 6.61 Å². The minimum absolute atomic E-state index is 0.598. The Hall–Kier alpha value is -0.800. The van der Waals surface area contributed by atoms with Crippen LogP contribution in [0.15, 0.2) is 10.5 Å². The van der Waals surface area contributed by atoms with Gasteiger partial charge in [0.15, 0.2) is 0 Å². The second-order valence-corrected chi connectivity index (χ2v) is 5.07. The molecule has 0 spiro atoms. The normalized spacial score (nSPS) is 11.1. The summed E-state index contributed by atoms with van der Waals surface area (Å²) < 4.78 is 11.4. The Labute approximate surface area is 117 Å². The van der Waals surface area contributed by atoms with Crippen molar-refractivity contribution in [1.29, 1.82) is 0 Å². The van der Waals surface area contributed by atoms with E-state index in [1.165, 1.54) is 31.2 Å². The van der Waals surface area contributed by atoms with Crippen molar-refractivity contribution >= 4 is 0 Å². The number of hydrogen-bond donors (Lipinski definition) is 1. The molecule has 0 unspecified atom stereocenters. The highest BCUT2D eigenvalue weighted by Gasteiger charge is 2.06. The maximum Gasteiger partial charge on any atom is 0.130 e. The molecular weight excluding hydrogens is 238 g/mol. The quantitative estimate of drug-likeness (QED) is 0.611. The number of rotatable bonds is 11. The minimum atomic E-state index is 0.598. The van der Waals surface area contributed by atoms with E-state index in [9.17, 15) is 0 Å². The number of hydrogen-bond acceptors (Lipinski definition) is 3. The number of nitrogens with one attached hydrogen (secondary N) is 1. The third-order valence-electron chi connectivity index (χ3n) is 3.24. The van der Waals surface area contributed by atoms with Crippen molar-refractivity contribution in [1.82, 2.24) is 5.32 Å². The first-order chi connectivity index (χ1) is 9.27. The summed E-state index contributed by atoms with van der Waals surface area (Å²) in [5, 5.41) is 3.28. The van der Waals surface area contributed by atoms with E-state index < -0.39 is 0 Å². The molecule has 0 fully saturated rings. The van der Waals surface area contributed by atoms with Crippen molar-refractivity contribution < 1.29 is 9.15 Å². The van der Waals surface area contributed by atoms with Crippen LogP contribution in [0.5, 0.6) is 0 Å². The van der Waals surface area contributed by atoms with Crippen LogP contribution in [0.3, 0.4) is 0 Å². The van der Waals surface area contributed by atoms with E-state index >= 15 is 0 Å². The van der Waals surface area contributed by atoms with E-state index in [1.807, 2.05) is 0 Å². The van der Waals surface area contributed by atoms with Crippen LogP contribution in [0, 0.1) is 6.92 Å². The topological polar surface area (TPSA) is 34.4 Å². The van der Waals surface area contributed by atoms with Crippen LogP contribution in [-0.2, 0) is 17.9 Å². The van der Waals surface area contributed by atoms with E-state index in [2.05, 4.69) is 32.2 Å². The third-order valence-corrected chi connectivity index (χ3v) is 3.24. The van der Waals surface area contributed by atoms with Crippen LogP contribution >= 0.6 is 0 Å². The standard InChI is InChI=1S/C16H29NO2/c1-4-6-7-8-9-10-18-13-15-11-14(3)16(19-15)12-17-5-2/h11,17H,4-10,12-13H2,1-3H3. The van der Waals surface area contributed by atoms with E-state index in [4.69, 9.17) is 9.15 Å². The molecule has 19 heavy (non-hydrogen) atoms. The molecule has 0 radical (unpaired) electrons. The lowest BCUT2D eigenvalue weighted by Crippen LogP contribution is -2.11. The largest absolute Gasteiger partial charge is 0.462 e. The summed E-state index contributed by atoms with van der Waals surface area (Å²) in [5.74, 6) is 1.97.